The molecule has 2 N–H and O–H groups in total. The van der Waals surface area contributed by atoms with Gasteiger partial charge in [-0.3, -0.25) is 0 Å². The van der Waals surface area contributed by atoms with Gasteiger partial charge < -0.3 is 14.6 Å². The van der Waals surface area contributed by atoms with Crippen LogP contribution in [0.5, 0.6) is 0 Å². The third kappa shape index (κ3) is 20.7. The average molecular weight is 712 g/mol. The van der Waals surface area contributed by atoms with E-state index in [1.807, 2.05) is 0 Å². The molecule has 2 aromatic rings. The third-order valence-corrected chi connectivity index (χ3v) is 8.46. The molecule has 244 valence electrons. The predicted octanol–water partition coefficient (Wildman–Crippen LogP) is 6.94. The molecule has 0 fully saturated rings. The second-order valence-electron chi connectivity index (χ2n) is 9.87. The second kappa shape index (κ2) is 25.7. The van der Waals surface area contributed by atoms with Gasteiger partial charge in [0.1, 0.15) is 20.2 Å². The van der Waals surface area contributed by atoms with E-state index in [9.17, 15) is 25.9 Å². The van der Waals surface area contributed by atoms with Crippen LogP contribution in [0, 0.1) is 0 Å². The quantitative estimate of drug-likeness (QED) is 0.0931. The van der Waals surface area contributed by atoms with Crippen molar-refractivity contribution in [1.29, 1.82) is 0 Å². The van der Waals surface area contributed by atoms with E-state index in [0.717, 1.165) is 25.7 Å². The Labute approximate surface area is 270 Å². The standard InChI is InChI=1S/2C15H24O3S.2Cu.H2O/c2*1-2-3-4-5-6-7-8-11-14-12-9-10-13-15(14)19(16,17)18;;;/h2*9-10,12-13H,2-8,11H2,1H3,(H,16,17,18);;;1H2/q;;;+2;/p-2. The molecule has 0 spiro atoms. The molecule has 2 rings (SSSR count). The molecule has 41 heavy (non-hydrogen) atoms. The maximum atomic E-state index is 11.1. The molecule has 0 atom stereocenters. The number of hydrogen-bond acceptors (Lipinski definition) is 6. The molecule has 0 aromatic heterocycles. The van der Waals surface area contributed by atoms with Gasteiger partial charge in [-0.25, -0.2) is 16.8 Å². The van der Waals surface area contributed by atoms with E-state index >= 15 is 0 Å². The van der Waals surface area contributed by atoms with Crippen molar-refractivity contribution >= 4 is 20.2 Å². The summed E-state index contributed by atoms with van der Waals surface area (Å²) in [6.45, 7) is 4.39. The topological polar surface area (TPSA) is 146 Å². The van der Waals surface area contributed by atoms with Gasteiger partial charge in [-0.2, -0.15) is 0 Å². The zero-order valence-electron chi connectivity index (χ0n) is 24.3. The number of rotatable bonds is 18. The van der Waals surface area contributed by atoms with E-state index < -0.39 is 20.2 Å². The van der Waals surface area contributed by atoms with Gasteiger partial charge in [-0.05, 0) is 48.9 Å². The molecule has 0 heterocycles. The molecule has 11 heteroatoms. The van der Waals surface area contributed by atoms with Crippen LogP contribution in [0.2, 0.25) is 0 Å². The molecule has 7 nitrogen and oxygen atoms in total. The van der Waals surface area contributed by atoms with E-state index in [1.165, 1.54) is 76.3 Å². The van der Waals surface area contributed by atoms with Crippen molar-refractivity contribution in [3.8, 4) is 0 Å². The van der Waals surface area contributed by atoms with E-state index in [1.54, 1.807) is 36.4 Å². The number of hydrogen-bond donors (Lipinski definition) is 0. The molecular weight excluding hydrogens is 664 g/mol. The molecule has 0 amide bonds. The Balaban J connectivity index is -0.000000656. The smallest absolute Gasteiger partial charge is 0.744 e. The van der Waals surface area contributed by atoms with Crippen LogP contribution < -0.4 is 0 Å². The van der Waals surface area contributed by atoms with Gasteiger partial charge in [-0.15, -0.1) is 0 Å². The molecular formula is C30H48Cu2O7S2. The summed E-state index contributed by atoms with van der Waals surface area (Å²) in [6, 6.07) is 13.0. The molecule has 0 unspecified atom stereocenters. The fourth-order valence-corrected chi connectivity index (χ4v) is 5.93. The van der Waals surface area contributed by atoms with Gasteiger partial charge in [0.15, 0.2) is 0 Å². The summed E-state index contributed by atoms with van der Waals surface area (Å²) in [6.07, 6.45) is 17.9. The average Bonchev–Trinajstić information content (AvgIpc) is 2.87. The first-order valence-corrected chi connectivity index (χ1v) is 17.0. The van der Waals surface area contributed by atoms with Crippen LogP contribution in [-0.4, -0.2) is 31.4 Å². The summed E-state index contributed by atoms with van der Waals surface area (Å²) in [5.74, 6) is 0. The summed E-state index contributed by atoms with van der Waals surface area (Å²) in [7, 11) is -8.68. The van der Waals surface area contributed by atoms with Crippen molar-refractivity contribution in [2.75, 3.05) is 0 Å². The van der Waals surface area contributed by atoms with Crippen LogP contribution in [0.25, 0.3) is 0 Å². The minimum absolute atomic E-state index is 0. The van der Waals surface area contributed by atoms with Crippen LogP contribution in [0.4, 0.5) is 0 Å². The molecule has 2 aromatic carbocycles. The minimum atomic E-state index is -4.34. The Morgan fingerprint density at radius 2 is 0.780 bits per heavy atom. The van der Waals surface area contributed by atoms with Crippen molar-refractivity contribution < 1.29 is 65.6 Å². The molecule has 0 bridgehead atoms. The fraction of sp³-hybridized carbons (Fsp3) is 0.600. The minimum Gasteiger partial charge on any atom is -0.744 e. The monoisotopic (exact) mass is 710 g/mol. The van der Waals surface area contributed by atoms with Gasteiger partial charge in [0.05, 0.1) is 9.79 Å². The summed E-state index contributed by atoms with van der Waals surface area (Å²) in [5.41, 5.74) is 1.32. The van der Waals surface area contributed by atoms with Crippen LogP contribution in [0.15, 0.2) is 58.3 Å². The van der Waals surface area contributed by atoms with Crippen molar-refractivity contribution in [1.82, 2.24) is 0 Å². The number of unbranched alkanes of at least 4 members (excludes halogenated alkanes) is 12. The largest absolute Gasteiger partial charge is 2.00 e. The van der Waals surface area contributed by atoms with E-state index in [0.29, 0.717) is 24.0 Å². The van der Waals surface area contributed by atoms with Crippen molar-refractivity contribution in [3.05, 3.63) is 59.7 Å². The molecule has 0 saturated heterocycles. The van der Waals surface area contributed by atoms with E-state index in [-0.39, 0.29) is 49.4 Å². The number of aryl methyl sites for hydroxylation is 2. The summed E-state index contributed by atoms with van der Waals surface area (Å²) in [5, 5.41) is 0. The Kier molecular flexibility index (Phi) is 28.0. The summed E-state index contributed by atoms with van der Waals surface area (Å²) >= 11 is 0. The first-order valence-electron chi connectivity index (χ1n) is 14.2. The second-order valence-corrected chi connectivity index (χ2v) is 12.6. The van der Waals surface area contributed by atoms with Crippen LogP contribution in [0.1, 0.15) is 115 Å². The number of benzene rings is 2. The van der Waals surface area contributed by atoms with Gasteiger partial charge in [0.2, 0.25) is 0 Å². The molecule has 0 aliphatic heterocycles. The van der Waals surface area contributed by atoms with Gasteiger partial charge >= 0.3 is 17.1 Å². The van der Waals surface area contributed by atoms with Crippen molar-refractivity contribution in [2.45, 2.75) is 126 Å². The van der Waals surface area contributed by atoms with Gasteiger partial charge in [0.25, 0.3) is 0 Å². The summed E-state index contributed by atoms with van der Waals surface area (Å²) < 4.78 is 66.6. The van der Waals surface area contributed by atoms with Gasteiger partial charge in [-0.1, -0.05) is 127 Å². The zero-order chi connectivity index (χ0) is 28.3. The maximum Gasteiger partial charge on any atom is 2.00 e. The fourth-order valence-electron chi connectivity index (χ4n) is 4.45. The first-order chi connectivity index (χ1) is 18.1. The zero-order valence-corrected chi connectivity index (χ0v) is 27.8. The van der Waals surface area contributed by atoms with E-state index in [2.05, 4.69) is 13.8 Å². The predicted molar refractivity (Wildman–Crippen MR) is 156 cm³/mol. The van der Waals surface area contributed by atoms with Crippen LogP contribution >= 0.6 is 0 Å². The summed E-state index contributed by atoms with van der Waals surface area (Å²) in [4.78, 5) is -0.109. The normalized spacial score (nSPS) is 10.8. The molecule has 0 aliphatic rings. The van der Waals surface area contributed by atoms with Crippen LogP contribution in [-0.2, 0) is 67.2 Å². The Bertz CT molecular complexity index is 1040. The molecule has 0 aliphatic carbocycles. The Hall–Kier alpha value is -0.741. The van der Waals surface area contributed by atoms with Gasteiger partial charge in [0, 0.05) is 17.1 Å². The Morgan fingerprint density at radius 3 is 1.07 bits per heavy atom. The van der Waals surface area contributed by atoms with Crippen molar-refractivity contribution in [2.24, 2.45) is 0 Å². The molecule has 2 radical (unpaired) electrons. The van der Waals surface area contributed by atoms with E-state index in [4.69, 9.17) is 0 Å². The SMILES string of the molecule is CCCCCCCCCc1ccccc1S(=O)(=O)[O-].CCCCCCCCCc1ccccc1S(=O)(=O)[O-].O.[Cu+2].[Cu]. The third-order valence-electron chi connectivity index (χ3n) is 6.58. The van der Waals surface area contributed by atoms with Crippen LogP contribution in [0.3, 0.4) is 0 Å². The maximum absolute atomic E-state index is 11.1. The Morgan fingerprint density at radius 1 is 0.512 bits per heavy atom. The van der Waals surface area contributed by atoms with Crippen molar-refractivity contribution in [3.63, 3.8) is 0 Å². The molecule has 0 saturated carbocycles. The first kappa shape index (κ1) is 44.7.